The summed E-state index contributed by atoms with van der Waals surface area (Å²) in [6.07, 6.45) is 0. The van der Waals surface area contributed by atoms with E-state index in [-0.39, 0.29) is 5.69 Å². The molecule has 152 valence electrons. The summed E-state index contributed by atoms with van der Waals surface area (Å²) >= 11 is 6.00. The highest BCUT2D eigenvalue weighted by molar-refractivity contribution is 6.30. The number of halogens is 1. The second-order valence-electron chi connectivity index (χ2n) is 7.11. The minimum Gasteiger partial charge on any atom is -0.464 e. The van der Waals surface area contributed by atoms with Gasteiger partial charge in [-0.25, -0.2) is 9.78 Å². The highest BCUT2D eigenvalue weighted by Gasteiger charge is 2.21. The van der Waals surface area contributed by atoms with Crippen LogP contribution in [0.4, 0.5) is 11.5 Å². The lowest BCUT2D eigenvalue weighted by Crippen LogP contribution is -2.09. The van der Waals surface area contributed by atoms with Crippen LogP contribution in [0.15, 0.2) is 48.5 Å². The monoisotopic (exact) mass is 420 g/mol. The fraction of sp³-hybridized carbons (Fsp3) is 0.174. The molecule has 0 atom stereocenters. The van der Waals surface area contributed by atoms with Crippen LogP contribution in [0.25, 0.3) is 16.8 Å². The Morgan fingerprint density at radius 2 is 1.70 bits per heavy atom. The van der Waals surface area contributed by atoms with Gasteiger partial charge in [0.05, 0.1) is 18.4 Å². The third kappa shape index (κ3) is 3.50. The Balaban J connectivity index is 1.98. The van der Waals surface area contributed by atoms with Crippen LogP contribution in [-0.2, 0) is 4.74 Å². The Kier molecular flexibility index (Phi) is 5.18. The predicted molar refractivity (Wildman–Crippen MR) is 119 cm³/mol. The Morgan fingerprint density at radius 3 is 2.33 bits per heavy atom. The molecule has 0 aliphatic heterocycles. The molecule has 0 spiro atoms. The third-order valence-corrected chi connectivity index (χ3v) is 5.26. The lowest BCUT2D eigenvalue weighted by atomic mass is 9.96. The van der Waals surface area contributed by atoms with E-state index in [9.17, 15) is 4.79 Å². The van der Waals surface area contributed by atoms with Crippen molar-refractivity contribution in [3.63, 3.8) is 0 Å². The summed E-state index contributed by atoms with van der Waals surface area (Å²) in [6.45, 7) is 6.06. The van der Waals surface area contributed by atoms with E-state index in [1.807, 2.05) is 25.1 Å². The van der Waals surface area contributed by atoms with Crippen molar-refractivity contribution in [3.8, 4) is 11.1 Å². The van der Waals surface area contributed by atoms with Crippen LogP contribution in [-0.4, -0.2) is 27.7 Å². The highest BCUT2D eigenvalue weighted by Crippen LogP contribution is 2.34. The highest BCUT2D eigenvalue weighted by atomic mass is 35.5. The van der Waals surface area contributed by atoms with Gasteiger partial charge in [-0.2, -0.15) is 9.61 Å². The molecule has 0 aliphatic rings. The van der Waals surface area contributed by atoms with Crippen LogP contribution in [0, 0.1) is 20.8 Å². The quantitative estimate of drug-likeness (QED) is 0.441. The lowest BCUT2D eigenvalue weighted by molar-refractivity contribution is 0.0594. The molecule has 4 aromatic rings. The van der Waals surface area contributed by atoms with Gasteiger partial charge in [-0.05, 0) is 61.7 Å². The van der Waals surface area contributed by atoms with Gasteiger partial charge >= 0.3 is 5.97 Å². The summed E-state index contributed by atoms with van der Waals surface area (Å²) in [5.41, 5.74) is 6.62. The summed E-state index contributed by atoms with van der Waals surface area (Å²) in [5.74, 6) is 0.0891. The number of nitrogens with one attached hydrogen (secondary N) is 1. The van der Waals surface area contributed by atoms with E-state index in [1.54, 1.807) is 22.7 Å². The Hall–Kier alpha value is -3.38. The molecular weight excluding hydrogens is 400 g/mol. The Bertz CT molecular complexity index is 1240. The number of hydrogen-bond acceptors (Lipinski definition) is 5. The predicted octanol–water partition coefficient (Wildman–Crippen LogP) is 5.51. The molecule has 0 unspecified atom stereocenters. The van der Waals surface area contributed by atoms with Gasteiger partial charge in [-0.15, -0.1) is 0 Å². The van der Waals surface area contributed by atoms with Gasteiger partial charge in [-0.1, -0.05) is 29.8 Å². The minimum atomic E-state index is -0.511. The topological polar surface area (TPSA) is 68.5 Å². The Labute approximate surface area is 179 Å². The number of ether oxygens (including phenoxy) is 1. The van der Waals surface area contributed by atoms with Gasteiger partial charge in [0.15, 0.2) is 11.3 Å². The number of rotatable bonds is 4. The van der Waals surface area contributed by atoms with Gasteiger partial charge in [-0.3, -0.25) is 0 Å². The second kappa shape index (κ2) is 7.80. The van der Waals surface area contributed by atoms with Crippen LogP contribution in [0.1, 0.15) is 27.3 Å². The first-order chi connectivity index (χ1) is 14.4. The molecule has 0 saturated heterocycles. The first-order valence-corrected chi connectivity index (χ1v) is 9.84. The normalized spacial score (nSPS) is 11.0. The van der Waals surface area contributed by atoms with Crippen molar-refractivity contribution in [1.29, 1.82) is 0 Å². The largest absolute Gasteiger partial charge is 0.464 e. The third-order valence-electron chi connectivity index (χ3n) is 5.01. The molecule has 7 heteroatoms. The molecule has 0 fully saturated rings. The molecule has 6 nitrogen and oxygen atoms in total. The van der Waals surface area contributed by atoms with E-state index in [1.165, 1.54) is 7.11 Å². The van der Waals surface area contributed by atoms with Crippen molar-refractivity contribution >= 4 is 34.7 Å². The molecule has 0 amide bonds. The molecule has 1 N–H and O–H groups in total. The van der Waals surface area contributed by atoms with E-state index in [2.05, 4.69) is 36.3 Å². The number of methoxy groups -OCH3 is 1. The van der Waals surface area contributed by atoms with E-state index < -0.39 is 5.97 Å². The van der Waals surface area contributed by atoms with E-state index in [4.69, 9.17) is 21.4 Å². The minimum absolute atomic E-state index is 0.203. The molecule has 30 heavy (non-hydrogen) atoms. The van der Waals surface area contributed by atoms with Gasteiger partial charge in [0.1, 0.15) is 5.82 Å². The van der Waals surface area contributed by atoms with Gasteiger partial charge in [0.25, 0.3) is 0 Å². The first-order valence-electron chi connectivity index (χ1n) is 9.47. The molecule has 0 aliphatic carbocycles. The molecule has 4 rings (SSSR count). The number of hydrogen-bond donors (Lipinski definition) is 1. The van der Waals surface area contributed by atoms with Crippen molar-refractivity contribution in [3.05, 3.63) is 76.1 Å². The van der Waals surface area contributed by atoms with E-state index in [0.29, 0.717) is 16.5 Å². The number of aromatic nitrogens is 3. The summed E-state index contributed by atoms with van der Waals surface area (Å²) in [6, 6.07) is 15.1. The number of carbonyl (C=O) groups excluding carboxylic acids is 1. The lowest BCUT2D eigenvalue weighted by Gasteiger charge is -2.12. The summed E-state index contributed by atoms with van der Waals surface area (Å²) < 4.78 is 6.65. The van der Waals surface area contributed by atoms with Crippen LogP contribution in [0.3, 0.4) is 0 Å². The standard InChI is InChI=1S/C23H21ClN4O2/c1-13-6-5-7-14(2)20(13)21-15(3)27-28-19(25-17-10-8-16(24)9-11-17)12-18(23(29)30-4)26-22(21)28/h5-12,25H,1-4H3. The zero-order chi connectivity index (χ0) is 21.4. The average Bonchev–Trinajstić information content (AvgIpc) is 3.05. The van der Waals surface area contributed by atoms with Gasteiger partial charge in [0, 0.05) is 16.8 Å². The number of aryl methyl sites for hydroxylation is 3. The van der Waals surface area contributed by atoms with E-state index in [0.717, 1.165) is 33.6 Å². The van der Waals surface area contributed by atoms with Crippen LogP contribution >= 0.6 is 11.6 Å². The van der Waals surface area contributed by atoms with E-state index >= 15 is 0 Å². The number of esters is 1. The van der Waals surface area contributed by atoms with Crippen molar-refractivity contribution in [2.24, 2.45) is 0 Å². The average molecular weight is 421 g/mol. The summed E-state index contributed by atoms with van der Waals surface area (Å²) in [7, 11) is 1.34. The van der Waals surface area contributed by atoms with Gasteiger partial charge in [0.2, 0.25) is 0 Å². The fourth-order valence-electron chi connectivity index (χ4n) is 3.60. The number of carbonyl (C=O) groups is 1. The molecule has 2 heterocycles. The number of anilines is 2. The number of benzene rings is 2. The maximum atomic E-state index is 12.3. The smallest absolute Gasteiger partial charge is 0.356 e. The molecule has 2 aromatic heterocycles. The van der Waals surface area contributed by atoms with Crippen LogP contribution in [0.2, 0.25) is 5.02 Å². The number of nitrogens with zero attached hydrogens (tertiary/aromatic N) is 3. The van der Waals surface area contributed by atoms with Crippen molar-refractivity contribution in [2.45, 2.75) is 20.8 Å². The molecule has 0 radical (unpaired) electrons. The fourth-order valence-corrected chi connectivity index (χ4v) is 3.73. The summed E-state index contributed by atoms with van der Waals surface area (Å²) in [4.78, 5) is 16.9. The summed E-state index contributed by atoms with van der Waals surface area (Å²) in [5, 5.41) is 8.68. The molecular formula is C23H21ClN4O2. The molecule has 0 saturated carbocycles. The maximum absolute atomic E-state index is 12.3. The van der Waals surface area contributed by atoms with Crippen molar-refractivity contribution in [1.82, 2.24) is 14.6 Å². The Morgan fingerprint density at radius 1 is 1.03 bits per heavy atom. The second-order valence-corrected chi connectivity index (χ2v) is 7.55. The van der Waals surface area contributed by atoms with Crippen molar-refractivity contribution in [2.75, 3.05) is 12.4 Å². The van der Waals surface area contributed by atoms with Crippen molar-refractivity contribution < 1.29 is 9.53 Å². The molecule has 0 bridgehead atoms. The zero-order valence-corrected chi connectivity index (χ0v) is 17.9. The maximum Gasteiger partial charge on any atom is 0.356 e. The van der Waals surface area contributed by atoms with Gasteiger partial charge < -0.3 is 10.1 Å². The molecule has 2 aromatic carbocycles. The number of fused-ring (bicyclic) bond motifs is 1. The SMILES string of the molecule is COC(=O)c1cc(Nc2ccc(Cl)cc2)n2nc(C)c(-c3c(C)cccc3C)c2n1. The van der Waals surface area contributed by atoms with Crippen LogP contribution in [0.5, 0.6) is 0 Å². The zero-order valence-electron chi connectivity index (χ0n) is 17.2. The van der Waals surface area contributed by atoms with Crippen LogP contribution < -0.4 is 5.32 Å². The first kappa shape index (κ1) is 19.9.